The van der Waals surface area contributed by atoms with Gasteiger partial charge in [0.2, 0.25) is 0 Å². The van der Waals surface area contributed by atoms with Crippen LogP contribution in [-0.2, 0) is 9.53 Å². The Balaban J connectivity index is 2.99. The van der Waals surface area contributed by atoms with Gasteiger partial charge < -0.3 is 24.6 Å². The van der Waals surface area contributed by atoms with Gasteiger partial charge in [-0.2, -0.15) is 0 Å². The number of nitrogens with one attached hydrogen (secondary N) is 1. The number of ether oxygens (including phenoxy) is 3. The molecule has 1 aromatic rings. The lowest BCUT2D eigenvalue weighted by atomic mass is 10.0. The Morgan fingerprint density at radius 1 is 1.35 bits per heavy atom. The minimum atomic E-state index is -1.53. The van der Waals surface area contributed by atoms with Crippen molar-refractivity contribution in [2.45, 2.75) is 12.5 Å². The van der Waals surface area contributed by atoms with Crippen LogP contribution in [-0.4, -0.2) is 50.0 Å². The van der Waals surface area contributed by atoms with E-state index in [1.807, 2.05) is 0 Å². The summed E-state index contributed by atoms with van der Waals surface area (Å²) in [5, 5.41) is 11.7. The summed E-state index contributed by atoms with van der Waals surface area (Å²) in [5.74, 6) is -0.920. The second kappa shape index (κ2) is 8.19. The quantitative estimate of drug-likeness (QED) is 0.669. The van der Waals surface area contributed by atoms with Gasteiger partial charge in [0, 0.05) is 12.7 Å². The number of methoxy groups -OCH3 is 2. The van der Waals surface area contributed by atoms with Crippen LogP contribution in [0.25, 0.3) is 0 Å². The number of amides is 1. The van der Waals surface area contributed by atoms with E-state index in [9.17, 15) is 14.7 Å². The number of carbonyl (C=O) groups is 2. The van der Waals surface area contributed by atoms with Crippen LogP contribution in [0, 0.1) is 0 Å². The predicted molar refractivity (Wildman–Crippen MR) is 84.1 cm³/mol. The van der Waals surface area contributed by atoms with E-state index in [0.29, 0.717) is 18.1 Å². The van der Waals surface area contributed by atoms with Gasteiger partial charge in [-0.15, -0.1) is 0 Å². The minimum absolute atomic E-state index is 0.161. The van der Waals surface area contributed by atoms with Crippen molar-refractivity contribution in [1.82, 2.24) is 5.32 Å². The molecule has 0 saturated heterocycles. The van der Waals surface area contributed by atoms with E-state index >= 15 is 0 Å². The zero-order chi connectivity index (χ0) is 17.5. The van der Waals surface area contributed by atoms with Gasteiger partial charge in [-0.25, -0.2) is 4.79 Å². The minimum Gasteiger partial charge on any atom is -0.493 e. The third-order valence-corrected chi connectivity index (χ3v) is 3.08. The van der Waals surface area contributed by atoms with Gasteiger partial charge in [-0.1, -0.05) is 12.7 Å². The van der Waals surface area contributed by atoms with Gasteiger partial charge in [0.1, 0.15) is 6.61 Å². The molecule has 0 aliphatic rings. The molecule has 0 aliphatic carbocycles. The first-order valence-electron chi connectivity index (χ1n) is 6.84. The summed E-state index contributed by atoms with van der Waals surface area (Å²) < 4.78 is 15.4. The lowest BCUT2D eigenvalue weighted by Gasteiger charge is -2.25. The Kier molecular flexibility index (Phi) is 6.59. The molecule has 1 rings (SSSR count). The molecular formula is C16H21NO6. The zero-order valence-electron chi connectivity index (χ0n) is 13.4. The number of benzene rings is 1. The number of carboxylic acids is 1. The van der Waals surface area contributed by atoms with Gasteiger partial charge >= 0.3 is 5.97 Å². The Morgan fingerprint density at radius 2 is 2.04 bits per heavy atom. The first kappa shape index (κ1) is 18.5. The second-order valence-corrected chi connectivity index (χ2v) is 4.99. The van der Waals surface area contributed by atoms with E-state index in [-0.39, 0.29) is 12.2 Å². The summed E-state index contributed by atoms with van der Waals surface area (Å²) in [6.07, 6.45) is 1.59. The Labute approximate surface area is 134 Å². The third kappa shape index (κ3) is 4.72. The highest BCUT2D eigenvalue weighted by Gasteiger charge is 2.35. The molecule has 0 saturated carbocycles. The normalized spacial score (nSPS) is 12.8. The molecule has 1 atom stereocenters. The molecule has 0 aromatic heterocycles. The van der Waals surface area contributed by atoms with E-state index in [2.05, 4.69) is 11.9 Å². The average molecular weight is 323 g/mol. The van der Waals surface area contributed by atoms with Gasteiger partial charge in [-0.3, -0.25) is 4.79 Å². The Morgan fingerprint density at radius 3 is 2.57 bits per heavy atom. The number of hydrogen-bond acceptors (Lipinski definition) is 5. The number of rotatable bonds is 9. The molecule has 0 radical (unpaired) electrons. The van der Waals surface area contributed by atoms with Crippen molar-refractivity contribution in [3.63, 3.8) is 0 Å². The molecule has 7 nitrogen and oxygen atoms in total. The average Bonchev–Trinajstić information content (AvgIpc) is 2.52. The van der Waals surface area contributed by atoms with Crippen LogP contribution in [0.2, 0.25) is 0 Å². The molecular weight excluding hydrogens is 302 g/mol. The highest BCUT2D eigenvalue weighted by atomic mass is 16.5. The van der Waals surface area contributed by atoms with Crippen LogP contribution in [0.15, 0.2) is 30.9 Å². The SMILES string of the molecule is C=CCOc1ccc(C(=O)NC(C)(COC)C(=O)O)cc1OC. The smallest absolute Gasteiger partial charge is 0.331 e. The largest absolute Gasteiger partial charge is 0.493 e. The molecule has 0 bridgehead atoms. The van der Waals surface area contributed by atoms with Gasteiger partial charge in [-0.05, 0) is 25.1 Å². The maximum Gasteiger partial charge on any atom is 0.331 e. The summed E-state index contributed by atoms with van der Waals surface area (Å²) in [5.41, 5.74) is -1.28. The van der Waals surface area contributed by atoms with Gasteiger partial charge in [0.15, 0.2) is 17.0 Å². The summed E-state index contributed by atoms with van der Waals surface area (Å²) >= 11 is 0. The molecule has 126 valence electrons. The molecule has 0 fully saturated rings. The fourth-order valence-corrected chi connectivity index (χ4v) is 1.84. The number of aliphatic carboxylic acids is 1. The molecule has 1 aromatic carbocycles. The van der Waals surface area contributed by atoms with Crippen LogP contribution in [0.5, 0.6) is 11.5 Å². The first-order chi connectivity index (χ1) is 10.9. The van der Waals surface area contributed by atoms with Crippen LogP contribution in [0.1, 0.15) is 17.3 Å². The second-order valence-electron chi connectivity index (χ2n) is 4.99. The van der Waals surface area contributed by atoms with Crippen LogP contribution < -0.4 is 14.8 Å². The Bertz CT molecular complexity index is 586. The van der Waals surface area contributed by atoms with Crippen molar-refractivity contribution >= 4 is 11.9 Å². The van der Waals surface area contributed by atoms with Crippen molar-refractivity contribution in [3.05, 3.63) is 36.4 Å². The van der Waals surface area contributed by atoms with Crippen LogP contribution in [0.4, 0.5) is 0 Å². The maximum atomic E-state index is 12.3. The highest BCUT2D eigenvalue weighted by molar-refractivity contribution is 5.98. The van der Waals surface area contributed by atoms with Crippen molar-refractivity contribution in [1.29, 1.82) is 0 Å². The van der Waals surface area contributed by atoms with Crippen molar-refractivity contribution in [2.75, 3.05) is 27.4 Å². The molecule has 0 heterocycles. The van der Waals surface area contributed by atoms with Crippen LogP contribution >= 0.6 is 0 Å². The van der Waals surface area contributed by atoms with E-state index in [1.165, 1.54) is 33.3 Å². The summed E-state index contributed by atoms with van der Waals surface area (Å²) in [7, 11) is 2.81. The van der Waals surface area contributed by atoms with Crippen molar-refractivity contribution < 1.29 is 28.9 Å². The van der Waals surface area contributed by atoms with Crippen molar-refractivity contribution in [2.24, 2.45) is 0 Å². The molecule has 1 amide bonds. The van der Waals surface area contributed by atoms with Crippen LogP contribution in [0.3, 0.4) is 0 Å². The van der Waals surface area contributed by atoms with E-state index in [0.717, 1.165) is 0 Å². The summed E-state index contributed by atoms with van der Waals surface area (Å²) in [6.45, 7) is 5.06. The topological polar surface area (TPSA) is 94.1 Å². The standard InChI is InChI=1S/C16H21NO6/c1-5-8-23-12-7-6-11(9-13(12)22-4)14(18)17-16(2,10-21-3)15(19)20/h5-7,9H,1,8,10H2,2-4H3,(H,17,18)(H,19,20). The molecule has 23 heavy (non-hydrogen) atoms. The molecule has 0 aliphatic heterocycles. The highest BCUT2D eigenvalue weighted by Crippen LogP contribution is 2.28. The fourth-order valence-electron chi connectivity index (χ4n) is 1.84. The maximum absolute atomic E-state index is 12.3. The molecule has 0 spiro atoms. The molecule has 1 unspecified atom stereocenters. The lowest BCUT2D eigenvalue weighted by Crippen LogP contribution is -2.55. The van der Waals surface area contributed by atoms with E-state index < -0.39 is 17.4 Å². The first-order valence-corrected chi connectivity index (χ1v) is 6.84. The van der Waals surface area contributed by atoms with E-state index in [4.69, 9.17) is 14.2 Å². The zero-order valence-corrected chi connectivity index (χ0v) is 13.4. The third-order valence-electron chi connectivity index (χ3n) is 3.08. The number of hydrogen-bond donors (Lipinski definition) is 2. The predicted octanol–water partition coefficient (Wildman–Crippen LogP) is 1.48. The van der Waals surface area contributed by atoms with E-state index in [1.54, 1.807) is 12.1 Å². The fraction of sp³-hybridized carbons (Fsp3) is 0.375. The number of carboxylic acid groups (broad SMARTS) is 1. The van der Waals surface area contributed by atoms with Crippen molar-refractivity contribution in [3.8, 4) is 11.5 Å². The number of carbonyl (C=O) groups excluding carboxylic acids is 1. The molecule has 7 heteroatoms. The summed E-state index contributed by atoms with van der Waals surface area (Å²) in [6, 6.07) is 4.57. The molecule has 2 N–H and O–H groups in total. The van der Waals surface area contributed by atoms with Gasteiger partial charge in [0.05, 0.1) is 13.7 Å². The van der Waals surface area contributed by atoms with Gasteiger partial charge in [0.25, 0.3) is 5.91 Å². The summed E-state index contributed by atoms with van der Waals surface area (Å²) in [4.78, 5) is 23.6. The Hall–Kier alpha value is -2.54. The lowest BCUT2D eigenvalue weighted by molar-refractivity contribution is -0.145. The monoisotopic (exact) mass is 323 g/mol.